The van der Waals surface area contributed by atoms with Crippen molar-refractivity contribution < 1.29 is 4.74 Å². The molecule has 0 fully saturated rings. The Morgan fingerprint density at radius 2 is 1.75 bits per heavy atom. The third kappa shape index (κ3) is 2.27. The van der Waals surface area contributed by atoms with E-state index >= 15 is 0 Å². The number of ether oxygens (including phenoxy) is 1. The van der Waals surface area contributed by atoms with Crippen molar-refractivity contribution >= 4 is 0 Å². The topological polar surface area (TPSA) is 35.2 Å². The second kappa shape index (κ2) is 4.71. The van der Waals surface area contributed by atoms with Gasteiger partial charge in [-0.1, -0.05) is 38.1 Å². The van der Waals surface area contributed by atoms with E-state index < -0.39 is 0 Å². The summed E-state index contributed by atoms with van der Waals surface area (Å²) in [6, 6.07) is 8.39. The van der Waals surface area contributed by atoms with Gasteiger partial charge in [-0.2, -0.15) is 0 Å². The Hall–Kier alpha value is -1.28. The van der Waals surface area contributed by atoms with E-state index in [-0.39, 0.29) is 6.04 Å². The normalized spacial score (nSPS) is 17.1. The van der Waals surface area contributed by atoms with E-state index in [1.807, 2.05) is 0 Å². The summed E-state index contributed by atoms with van der Waals surface area (Å²) in [5.74, 6) is 1.48. The van der Waals surface area contributed by atoms with Crippen molar-refractivity contribution in [1.82, 2.24) is 0 Å². The summed E-state index contributed by atoms with van der Waals surface area (Å²) in [6.07, 6.45) is 3.06. The fourth-order valence-electron chi connectivity index (χ4n) is 1.91. The summed E-state index contributed by atoms with van der Waals surface area (Å²) in [7, 11) is 0. The van der Waals surface area contributed by atoms with Crippen LogP contribution in [-0.2, 0) is 4.74 Å². The minimum atomic E-state index is -0.108. The van der Waals surface area contributed by atoms with E-state index in [1.54, 1.807) is 0 Å². The molecule has 0 bridgehead atoms. The minimum Gasteiger partial charge on any atom is -0.496 e. The molecule has 1 aliphatic heterocycles. The van der Waals surface area contributed by atoms with E-state index in [2.05, 4.69) is 44.2 Å². The van der Waals surface area contributed by atoms with Crippen LogP contribution in [0.3, 0.4) is 0 Å². The zero-order valence-corrected chi connectivity index (χ0v) is 9.94. The molecule has 0 aromatic heterocycles. The van der Waals surface area contributed by atoms with E-state index in [1.165, 1.54) is 5.56 Å². The van der Waals surface area contributed by atoms with Gasteiger partial charge in [0.05, 0.1) is 12.6 Å². The molecule has 0 spiro atoms. The Labute approximate surface area is 97.1 Å². The molecule has 1 heterocycles. The van der Waals surface area contributed by atoms with Crippen LogP contribution < -0.4 is 5.73 Å². The molecule has 16 heavy (non-hydrogen) atoms. The first-order valence-corrected chi connectivity index (χ1v) is 5.87. The smallest absolute Gasteiger partial charge is 0.113 e. The number of hydrogen-bond acceptors (Lipinski definition) is 2. The van der Waals surface area contributed by atoms with Crippen LogP contribution in [0.25, 0.3) is 0 Å². The molecule has 1 aromatic carbocycles. The lowest BCUT2D eigenvalue weighted by Crippen LogP contribution is -2.13. The molecule has 2 nitrogen and oxygen atoms in total. The predicted octanol–water partition coefficient (Wildman–Crippen LogP) is 3.11. The maximum Gasteiger partial charge on any atom is 0.113 e. The summed E-state index contributed by atoms with van der Waals surface area (Å²) in [5, 5.41) is 0. The highest BCUT2D eigenvalue weighted by atomic mass is 16.5. The van der Waals surface area contributed by atoms with Crippen LogP contribution in [-0.4, -0.2) is 6.61 Å². The third-order valence-corrected chi connectivity index (χ3v) is 3.00. The molecule has 0 aliphatic carbocycles. The Kier molecular flexibility index (Phi) is 3.30. The van der Waals surface area contributed by atoms with Crippen LogP contribution in [0.1, 0.15) is 43.4 Å². The summed E-state index contributed by atoms with van der Waals surface area (Å²) in [4.78, 5) is 0. The second-order valence-electron chi connectivity index (χ2n) is 4.54. The van der Waals surface area contributed by atoms with Gasteiger partial charge in [-0.3, -0.25) is 0 Å². The van der Waals surface area contributed by atoms with Gasteiger partial charge in [0, 0.05) is 6.42 Å². The highest BCUT2D eigenvalue weighted by molar-refractivity contribution is 5.30. The highest BCUT2D eigenvalue weighted by Crippen LogP contribution is 2.25. The Morgan fingerprint density at radius 1 is 1.12 bits per heavy atom. The summed E-state index contributed by atoms with van der Waals surface area (Å²) < 4.78 is 5.48. The average molecular weight is 217 g/mol. The molecule has 1 atom stereocenters. The Bertz CT molecular complexity index is 378. The zero-order chi connectivity index (χ0) is 11.5. The average Bonchev–Trinajstić information content (AvgIpc) is 2.81. The van der Waals surface area contributed by atoms with Crippen molar-refractivity contribution in [1.29, 1.82) is 0 Å². The van der Waals surface area contributed by atoms with Crippen LogP contribution >= 0.6 is 0 Å². The van der Waals surface area contributed by atoms with E-state index in [0.29, 0.717) is 5.92 Å². The van der Waals surface area contributed by atoms with Crippen molar-refractivity contribution in [3.05, 3.63) is 47.2 Å². The SMILES string of the molecule is CC(C)c1ccc(C(N)C2=CCCO2)cc1. The van der Waals surface area contributed by atoms with Gasteiger partial charge in [0.1, 0.15) is 5.76 Å². The first kappa shape index (κ1) is 11.2. The fraction of sp³-hybridized carbons (Fsp3) is 0.429. The lowest BCUT2D eigenvalue weighted by Gasteiger charge is -2.14. The molecule has 1 unspecified atom stereocenters. The van der Waals surface area contributed by atoms with Crippen molar-refractivity contribution in [2.75, 3.05) is 6.61 Å². The van der Waals surface area contributed by atoms with Gasteiger partial charge in [0.2, 0.25) is 0 Å². The maximum absolute atomic E-state index is 6.13. The molecule has 2 heteroatoms. The minimum absolute atomic E-state index is 0.108. The Morgan fingerprint density at radius 3 is 2.25 bits per heavy atom. The van der Waals surface area contributed by atoms with Gasteiger partial charge in [-0.05, 0) is 23.1 Å². The molecule has 0 saturated heterocycles. The standard InChI is InChI=1S/C14H19NO/c1-10(2)11-5-7-12(8-6-11)14(15)13-4-3-9-16-13/h4-8,10,14H,3,9,15H2,1-2H3. The van der Waals surface area contributed by atoms with E-state index in [0.717, 1.165) is 24.4 Å². The van der Waals surface area contributed by atoms with Crippen LogP contribution in [0.5, 0.6) is 0 Å². The molecule has 86 valence electrons. The predicted molar refractivity (Wildman–Crippen MR) is 66.1 cm³/mol. The largest absolute Gasteiger partial charge is 0.496 e. The quantitative estimate of drug-likeness (QED) is 0.844. The van der Waals surface area contributed by atoms with Gasteiger partial charge in [0.15, 0.2) is 0 Å². The lowest BCUT2D eigenvalue weighted by atomic mass is 9.98. The van der Waals surface area contributed by atoms with Gasteiger partial charge < -0.3 is 10.5 Å². The molecule has 0 radical (unpaired) electrons. The molecule has 1 aromatic rings. The van der Waals surface area contributed by atoms with Crippen LogP contribution in [0.2, 0.25) is 0 Å². The van der Waals surface area contributed by atoms with Crippen LogP contribution in [0.4, 0.5) is 0 Å². The molecular weight excluding hydrogens is 198 g/mol. The van der Waals surface area contributed by atoms with E-state index in [4.69, 9.17) is 10.5 Å². The molecular formula is C14H19NO. The second-order valence-corrected chi connectivity index (χ2v) is 4.54. The van der Waals surface area contributed by atoms with Gasteiger partial charge >= 0.3 is 0 Å². The van der Waals surface area contributed by atoms with Gasteiger partial charge in [0.25, 0.3) is 0 Å². The van der Waals surface area contributed by atoms with Gasteiger partial charge in [-0.25, -0.2) is 0 Å². The number of nitrogens with two attached hydrogens (primary N) is 1. The fourth-order valence-corrected chi connectivity index (χ4v) is 1.91. The summed E-state index contributed by atoms with van der Waals surface area (Å²) >= 11 is 0. The molecule has 0 amide bonds. The summed E-state index contributed by atoms with van der Waals surface area (Å²) in [5.41, 5.74) is 8.60. The van der Waals surface area contributed by atoms with Gasteiger partial charge in [-0.15, -0.1) is 0 Å². The number of benzene rings is 1. The first-order chi connectivity index (χ1) is 7.68. The molecule has 2 rings (SSSR count). The van der Waals surface area contributed by atoms with Crippen molar-refractivity contribution in [3.8, 4) is 0 Å². The molecule has 0 saturated carbocycles. The summed E-state index contributed by atoms with van der Waals surface area (Å²) in [6.45, 7) is 5.15. The maximum atomic E-state index is 6.13. The molecule has 2 N–H and O–H groups in total. The lowest BCUT2D eigenvalue weighted by molar-refractivity contribution is 0.225. The molecule has 1 aliphatic rings. The third-order valence-electron chi connectivity index (χ3n) is 3.00. The number of rotatable bonds is 3. The monoisotopic (exact) mass is 217 g/mol. The Balaban J connectivity index is 2.14. The first-order valence-electron chi connectivity index (χ1n) is 5.87. The van der Waals surface area contributed by atoms with E-state index in [9.17, 15) is 0 Å². The number of hydrogen-bond donors (Lipinski definition) is 1. The van der Waals surface area contributed by atoms with Crippen molar-refractivity contribution in [2.24, 2.45) is 5.73 Å². The highest BCUT2D eigenvalue weighted by Gasteiger charge is 2.16. The van der Waals surface area contributed by atoms with Crippen molar-refractivity contribution in [2.45, 2.75) is 32.2 Å². The van der Waals surface area contributed by atoms with Crippen LogP contribution in [0, 0.1) is 0 Å². The van der Waals surface area contributed by atoms with Crippen LogP contribution in [0.15, 0.2) is 36.1 Å². The zero-order valence-electron chi connectivity index (χ0n) is 9.94. The van der Waals surface area contributed by atoms with Crippen molar-refractivity contribution in [3.63, 3.8) is 0 Å².